The van der Waals surface area contributed by atoms with Crippen molar-refractivity contribution >= 4 is 0 Å². The zero-order chi connectivity index (χ0) is 11.5. The van der Waals surface area contributed by atoms with Gasteiger partial charge in [0.25, 0.3) is 0 Å². The van der Waals surface area contributed by atoms with E-state index < -0.39 is 0 Å². The lowest BCUT2D eigenvalue weighted by Crippen LogP contribution is -2.33. The Kier molecular flexibility index (Phi) is 10.3. The van der Waals surface area contributed by atoms with Crippen molar-refractivity contribution in [2.45, 2.75) is 40.2 Å². The third-order valence-electron chi connectivity index (χ3n) is 2.25. The number of nitrogens with one attached hydrogen (secondary N) is 1. The molecule has 0 bridgehead atoms. The average Bonchev–Trinajstić information content (AvgIpc) is 2.21. The standard InChI is InChI=1S/C12H27NO2/c1-5-7-14-8-9-15-12(11(3)4)10-13-6-2/h11-13H,5-10H2,1-4H3. The van der Waals surface area contributed by atoms with Gasteiger partial charge in [0.15, 0.2) is 0 Å². The first-order valence-corrected chi connectivity index (χ1v) is 6.12. The maximum absolute atomic E-state index is 5.76. The van der Waals surface area contributed by atoms with Gasteiger partial charge in [0.05, 0.1) is 19.3 Å². The van der Waals surface area contributed by atoms with Crippen LogP contribution in [0.5, 0.6) is 0 Å². The van der Waals surface area contributed by atoms with Gasteiger partial charge in [-0.15, -0.1) is 0 Å². The molecule has 0 fully saturated rings. The molecule has 1 N–H and O–H groups in total. The van der Waals surface area contributed by atoms with Crippen molar-refractivity contribution in [1.29, 1.82) is 0 Å². The lowest BCUT2D eigenvalue weighted by Gasteiger charge is -2.21. The number of hydrogen-bond donors (Lipinski definition) is 1. The van der Waals surface area contributed by atoms with Crippen LogP contribution in [0.1, 0.15) is 34.1 Å². The highest BCUT2D eigenvalue weighted by molar-refractivity contribution is 4.65. The van der Waals surface area contributed by atoms with Gasteiger partial charge in [0, 0.05) is 13.2 Å². The van der Waals surface area contributed by atoms with E-state index in [9.17, 15) is 0 Å². The van der Waals surface area contributed by atoms with E-state index in [1.807, 2.05) is 0 Å². The Morgan fingerprint density at radius 3 is 2.33 bits per heavy atom. The Balaban J connectivity index is 3.48. The fraction of sp³-hybridized carbons (Fsp3) is 1.00. The van der Waals surface area contributed by atoms with E-state index in [0.717, 1.165) is 26.1 Å². The van der Waals surface area contributed by atoms with Crippen LogP contribution >= 0.6 is 0 Å². The van der Waals surface area contributed by atoms with Gasteiger partial charge in [0.2, 0.25) is 0 Å². The third-order valence-corrected chi connectivity index (χ3v) is 2.25. The van der Waals surface area contributed by atoms with Crippen LogP contribution in [0.4, 0.5) is 0 Å². The molecule has 0 heterocycles. The van der Waals surface area contributed by atoms with Crippen LogP contribution in [-0.2, 0) is 9.47 Å². The minimum atomic E-state index is 0.301. The van der Waals surface area contributed by atoms with Gasteiger partial charge in [-0.1, -0.05) is 27.7 Å². The molecule has 1 unspecified atom stereocenters. The summed E-state index contributed by atoms with van der Waals surface area (Å²) in [6, 6.07) is 0. The molecule has 0 rings (SSSR count). The molecule has 1 atom stereocenters. The normalized spacial score (nSPS) is 13.4. The van der Waals surface area contributed by atoms with Gasteiger partial charge in [-0.25, -0.2) is 0 Å². The molecule has 0 saturated heterocycles. The average molecular weight is 217 g/mol. The van der Waals surface area contributed by atoms with E-state index in [2.05, 4.69) is 33.0 Å². The third kappa shape index (κ3) is 8.85. The van der Waals surface area contributed by atoms with Gasteiger partial charge in [0.1, 0.15) is 0 Å². The fourth-order valence-corrected chi connectivity index (χ4v) is 1.28. The summed E-state index contributed by atoms with van der Waals surface area (Å²) in [5.41, 5.74) is 0. The predicted octanol–water partition coefficient (Wildman–Crippen LogP) is 2.06. The summed E-state index contributed by atoms with van der Waals surface area (Å²) in [5, 5.41) is 3.32. The Bertz CT molecular complexity index is 129. The van der Waals surface area contributed by atoms with Crippen LogP contribution in [0, 0.1) is 5.92 Å². The van der Waals surface area contributed by atoms with E-state index >= 15 is 0 Å². The van der Waals surface area contributed by atoms with E-state index in [-0.39, 0.29) is 0 Å². The molecule has 0 aliphatic rings. The highest BCUT2D eigenvalue weighted by Crippen LogP contribution is 2.05. The van der Waals surface area contributed by atoms with E-state index in [0.29, 0.717) is 25.2 Å². The summed E-state index contributed by atoms with van der Waals surface area (Å²) in [6.07, 6.45) is 1.38. The van der Waals surface area contributed by atoms with E-state index in [4.69, 9.17) is 9.47 Å². The summed E-state index contributed by atoms with van der Waals surface area (Å²) in [4.78, 5) is 0. The van der Waals surface area contributed by atoms with Gasteiger partial charge in [-0.05, 0) is 18.9 Å². The van der Waals surface area contributed by atoms with Crippen molar-refractivity contribution in [2.75, 3.05) is 32.9 Å². The first-order valence-electron chi connectivity index (χ1n) is 6.12. The molecule has 92 valence electrons. The van der Waals surface area contributed by atoms with Crippen LogP contribution in [0.15, 0.2) is 0 Å². The first-order chi connectivity index (χ1) is 7.22. The highest BCUT2D eigenvalue weighted by Gasteiger charge is 2.12. The van der Waals surface area contributed by atoms with Crippen molar-refractivity contribution < 1.29 is 9.47 Å². The quantitative estimate of drug-likeness (QED) is 0.568. The second kappa shape index (κ2) is 10.4. The topological polar surface area (TPSA) is 30.5 Å². The van der Waals surface area contributed by atoms with Crippen LogP contribution in [-0.4, -0.2) is 39.0 Å². The zero-order valence-corrected chi connectivity index (χ0v) is 10.7. The predicted molar refractivity (Wildman–Crippen MR) is 64.2 cm³/mol. The van der Waals surface area contributed by atoms with Crippen LogP contribution in [0.3, 0.4) is 0 Å². The second-order valence-electron chi connectivity index (χ2n) is 4.07. The van der Waals surface area contributed by atoms with Crippen molar-refractivity contribution in [3.8, 4) is 0 Å². The summed E-state index contributed by atoms with van der Waals surface area (Å²) in [5.74, 6) is 0.551. The molecule has 0 aromatic heterocycles. The molecule has 15 heavy (non-hydrogen) atoms. The van der Waals surface area contributed by atoms with Crippen molar-refractivity contribution in [3.63, 3.8) is 0 Å². The lowest BCUT2D eigenvalue weighted by atomic mass is 10.1. The van der Waals surface area contributed by atoms with Gasteiger partial charge < -0.3 is 14.8 Å². The number of hydrogen-bond acceptors (Lipinski definition) is 3. The summed E-state index contributed by atoms with van der Waals surface area (Å²) in [6.45, 7) is 12.8. The van der Waals surface area contributed by atoms with Crippen LogP contribution < -0.4 is 5.32 Å². The molecule has 3 nitrogen and oxygen atoms in total. The molecule has 0 saturated carbocycles. The fourth-order valence-electron chi connectivity index (χ4n) is 1.28. The Morgan fingerprint density at radius 1 is 1.07 bits per heavy atom. The summed E-state index contributed by atoms with van der Waals surface area (Å²) >= 11 is 0. The molecular formula is C12H27NO2. The molecule has 0 spiro atoms. The molecule has 0 aliphatic carbocycles. The summed E-state index contributed by atoms with van der Waals surface area (Å²) < 4.78 is 11.1. The first kappa shape index (κ1) is 14.9. The Morgan fingerprint density at radius 2 is 1.80 bits per heavy atom. The van der Waals surface area contributed by atoms with E-state index in [1.54, 1.807) is 0 Å². The maximum Gasteiger partial charge on any atom is 0.0723 e. The van der Waals surface area contributed by atoms with Gasteiger partial charge in [-0.2, -0.15) is 0 Å². The smallest absolute Gasteiger partial charge is 0.0723 e. The van der Waals surface area contributed by atoms with Crippen LogP contribution in [0.25, 0.3) is 0 Å². The lowest BCUT2D eigenvalue weighted by molar-refractivity contribution is -0.0136. The largest absolute Gasteiger partial charge is 0.379 e. The Labute approximate surface area is 94.5 Å². The minimum Gasteiger partial charge on any atom is -0.379 e. The van der Waals surface area contributed by atoms with Crippen molar-refractivity contribution in [3.05, 3.63) is 0 Å². The van der Waals surface area contributed by atoms with Crippen molar-refractivity contribution in [1.82, 2.24) is 5.32 Å². The molecule has 0 amide bonds. The monoisotopic (exact) mass is 217 g/mol. The Hall–Kier alpha value is -0.120. The maximum atomic E-state index is 5.76. The van der Waals surface area contributed by atoms with Crippen molar-refractivity contribution in [2.24, 2.45) is 5.92 Å². The number of rotatable bonds is 10. The van der Waals surface area contributed by atoms with Crippen LogP contribution in [0.2, 0.25) is 0 Å². The molecule has 0 aromatic carbocycles. The molecule has 3 heteroatoms. The SMILES string of the molecule is CCCOCCOC(CNCC)C(C)C. The van der Waals surface area contributed by atoms with E-state index in [1.165, 1.54) is 0 Å². The molecule has 0 aliphatic heterocycles. The van der Waals surface area contributed by atoms with Gasteiger partial charge in [-0.3, -0.25) is 0 Å². The highest BCUT2D eigenvalue weighted by atomic mass is 16.5. The number of likely N-dealkylation sites (N-methyl/N-ethyl adjacent to an activating group) is 1. The van der Waals surface area contributed by atoms with Gasteiger partial charge >= 0.3 is 0 Å². The molecule has 0 aromatic rings. The summed E-state index contributed by atoms with van der Waals surface area (Å²) in [7, 11) is 0. The zero-order valence-electron chi connectivity index (χ0n) is 10.7. The molecule has 0 radical (unpaired) electrons. The molecular weight excluding hydrogens is 190 g/mol. The minimum absolute atomic E-state index is 0.301. The number of ether oxygens (including phenoxy) is 2. The second-order valence-corrected chi connectivity index (χ2v) is 4.07.